The van der Waals surface area contributed by atoms with Crippen LogP contribution in [0.25, 0.3) is 0 Å². The molecule has 118 valence electrons. The van der Waals surface area contributed by atoms with Crippen LogP contribution in [-0.4, -0.2) is 46.1 Å². The number of amides is 1. The lowest BCUT2D eigenvalue weighted by atomic mass is 10.2. The molecule has 0 aliphatic rings. The van der Waals surface area contributed by atoms with Crippen LogP contribution >= 0.6 is 0 Å². The molecule has 5 nitrogen and oxygen atoms in total. The summed E-state index contributed by atoms with van der Waals surface area (Å²) in [5.41, 5.74) is 0.309. The number of hydrogen-bond acceptors (Lipinski definition) is 4. The zero-order chi connectivity index (χ0) is 15.9. The minimum absolute atomic E-state index is 0.0245. The molecular weight excluding hydrogens is 291 g/mol. The number of rotatable bonds is 7. The van der Waals surface area contributed by atoms with Gasteiger partial charge in [0.2, 0.25) is 0 Å². The highest BCUT2D eigenvalue weighted by atomic mass is 19.4. The Morgan fingerprint density at radius 2 is 1.86 bits per heavy atom. The van der Waals surface area contributed by atoms with E-state index in [0.717, 1.165) is 0 Å². The van der Waals surface area contributed by atoms with E-state index >= 15 is 0 Å². The van der Waals surface area contributed by atoms with Crippen molar-refractivity contribution in [1.29, 1.82) is 0 Å². The highest BCUT2D eigenvalue weighted by molar-refractivity contribution is 5.94. The molecule has 0 aliphatic heterocycles. The lowest BCUT2D eigenvalue weighted by Gasteiger charge is -2.10. The third-order valence-corrected chi connectivity index (χ3v) is 2.44. The summed E-state index contributed by atoms with van der Waals surface area (Å²) in [6.07, 6.45) is -4.37. The molecule has 1 N–H and O–H groups in total. The molecule has 21 heavy (non-hydrogen) atoms. The van der Waals surface area contributed by atoms with Crippen LogP contribution in [0.4, 0.5) is 13.2 Å². The fraction of sp³-hybridized carbons (Fsp3) is 0.462. The van der Waals surface area contributed by atoms with Gasteiger partial charge in [0, 0.05) is 12.1 Å². The van der Waals surface area contributed by atoms with E-state index in [9.17, 15) is 18.0 Å². The smallest absolute Gasteiger partial charge is 0.411 e. The molecule has 0 aromatic heterocycles. The highest BCUT2D eigenvalue weighted by Gasteiger charge is 2.27. The molecular formula is C13H16F3NO4. The van der Waals surface area contributed by atoms with Crippen molar-refractivity contribution in [3.05, 3.63) is 23.8 Å². The van der Waals surface area contributed by atoms with E-state index in [1.165, 1.54) is 26.4 Å². The van der Waals surface area contributed by atoms with Crippen molar-refractivity contribution in [2.24, 2.45) is 0 Å². The number of alkyl halides is 3. The number of carbonyl (C=O) groups excluding carboxylic acids is 1. The van der Waals surface area contributed by atoms with Gasteiger partial charge in [-0.2, -0.15) is 13.2 Å². The van der Waals surface area contributed by atoms with Crippen LogP contribution in [0, 0.1) is 0 Å². The number of ether oxygens (including phenoxy) is 3. The Morgan fingerprint density at radius 1 is 1.19 bits per heavy atom. The molecule has 1 rings (SSSR count). The number of methoxy groups -OCH3 is 2. The van der Waals surface area contributed by atoms with Crippen LogP contribution in [0.15, 0.2) is 18.2 Å². The zero-order valence-electron chi connectivity index (χ0n) is 11.6. The van der Waals surface area contributed by atoms with E-state index in [2.05, 4.69) is 10.1 Å². The molecule has 0 unspecified atom stereocenters. The van der Waals surface area contributed by atoms with Crippen molar-refractivity contribution in [2.45, 2.75) is 6.18 Å². The Bertz CT molecular complexity index is 477. The van der Waals surface area contributed by atoms with Gasteiger partial charge >= 0.3 is 6.18 Å². The van der Waals surface area contributed by atoms with Gasteiger partial charge in [-0.05, 0) is 18.2 Å². The van der Waals surface area contributed by atoms with Gasteiger partial charge in [0.15, 0.2) is 11.5 Å². The van der Waals surface area contributed by atoms with Crippen molar-refractivity contribution in [1.82, 2.24) is 5.32 Å². The summed E-state index contributed by atoms with van der Waals surface area (Å²) in [7, 11) is 2.90. The van der Waals surface area contributed by atoms with E-state index < -0.39 is 18.7 Å². The molecule has 0 radical (unpaired) electrons. The maximum absolute atomic E-state index is 11.8. The maximum Gasteiger partial charge on any atom is 0.411 e. The Kier molecular flexibility index (Phi) is 6.29. The second-order valence-electron chi connectivity index (χ2n) is 3.99. The lowest BCUT2D eigenvalue weighted by molar-refractivity contribution is -0.173. The number of benzene rings is 1. The molecule has 1 amide bonds. The Balaban J connectivity index is 2.45. The number of nitrogens with one attached hydrogen (secondary N) is 1. The summed E-state index contributed by atoms with van der Waals surface area (Å²) in [5, 5.41) is 2.45. The summed E-state index contributed by atoms with van der Waals surface area (Å²) in [6.45, 7) is -1.58. The monoisotopic (exact) mass is 307 g/mol. The molecule has 1 aromatic rings. The van der Waals surface area contributed by atoms with Crippen LogP contribution in [0.5, 0.6) is 11.5 Å². The third kappa shape index (κ3) is 5.90. The minimum atomic E-state index is -4.37. The molecule has 0 spiro atoms. The first-order chi connectivity index (χ1) is 9.87. The molecule has 8 heteroatoms. The summed E-state index contributed by atoms with van der Waals surface area (Å²) >= 11 is 0. The average molecular weight is 307 g/mol. The van der Waals surface area contributed by atoms with Gasteiger partial charge in [0.25, 0.3) is 5.91 Å². The Morgan fingerprint density at radius 3 is 2.43 bits per heavy atom. The molecule has 0 bridgehead atoms. The minimum Gasteiger partial charge on any atom is -0.493 e. The summed E-state index contributed by atoms with van der Waals surface area (Å²) in [5.74, 6) is 0.424. The van der Waals surface area contributed by atoms with E-state index in [-0.39, 0.29) is 13.2 Å². The van der Waals surface area contributed by atoms with Gasteiger partial charge in [-0.25, -0.2) is 0 Å². The van der Waals surface area contributed by atoms with Crippen LogP contribution in [0.1, 0.15) is 10.4 Å². The molecule has 0 fully saturated rings. The summed E-state index contributed by atoms with van der Waals surface area (Å²) in [6, 6.07) is 4.56. The van der Waals surface area contributed by atoms with Crippen LogP contribution in [0.2, 0.25) is 0 Å². The molecule has 0 atom stereocenters. The van der Waals surface area contributed by atoms with Gasteiger partial charge in [-0.15, -0.1) is 0 Å². The molecule has 0 aliphatic carbocycles. The second kappa shape index (κ2) is 7.72. The van der Waals surface area contributed by atoms with Crippen molar-refractivity contribution in [2.75, 3.05) is 34.0 Å². The zero-order valence-corrected chi connectivity index (χ0v) is 11.6. The van der Waals surface area contributed by atoms with Crippen LogP contribution < -0.4 is 14.8 Å². The standard InChI is InChI=1S/C13H16F3NO4/c1-19-10-4-3-9(7-11(10)20-2)12(18)17-5-6-21-8-13(14,15)16/h3-4,7H,5-6,8H2,1-2H3,(H,17,18). The summed E-state index contributed by atoms with van der Waals surface area (Å²) < 4.78 is 49.9. The highest BCUT2D eigenvalue weighted by Crippen LogP contribution is 2.27. The largest absolute Gasteiger partial charge is 0.493 e. The first-order valence-electron chi connectivity index (χ1n) is 6.02. The van der Waals surface area contributed by atoms with Gasteiger partial charge in [-0.1, -0.05) is 0 Å². The van der Waals surface area contributed by atoms with Crippen molar-refractivity contribution < 1.29 is 32.2 Å². The quantitative estimate of drug-likeness (QED) is 0.783. The normalized spacial score (nSPS) is 11.1. The number of carbonyl (C=O) groups is 1. The van der Waals surface area contributed by atoms with Gasteiger partial charge in [0.05, 0.1) is 20.8 Å². The predicted molar refractivity (Wildman–Crippen MR) is 68.8 cm³/mol. The molecule has 0 saturated carbocycles. The van der Waals surface area contributed by atoms with Crippen molar-refractivity contribution in [3.8, 4) is 11.5 Å². The molecule has 0 saturated heterocycles. The third-order valence-electron chi connectivity index (χ3n) is 2.44. The van der Waals surface area contributed by atoms with E-state index in [1.807, 2.05) is 0 Å². The molecule has 0 heterocycles. The van der Waals surface area contributed by atoms with E-state index in [1.54, 1.807) is 6.07 Å². The van der Waals surface area contributed by atoms with E-state index in [4.69, 9.17) is 9.47 Å². The van der Waals surface area contributed by atoms with Gasteiger partial charge in [-0.3, -0.25) is 4.79 Å². The van der Waals surface area contributed by atoms with E-state index in [0.29, 0.717) is 17.1 Å². The summed E-state index contributed by atoms with van der Waals surface area (Å²) in [4.78, 5) is 11.8. The SMILES string of the molecule is COc1ccc(C(=O)NCCOCC(F)(F)F)cc1OC. The topological polar surface area (TPSA) is 56.8 Å². The lowest BCUT2D eigenvalue weighted by Crippen LogP contribution is -2.28. The Labute approximate surface area is 120 Å². The van der Waals surface area contributed by atoms with Crippen LogP contribution in [0.3, 0.4) is 0 Å². The number of halogens is 3. The Hall–Kier alpha value is -1.96. The average Bonchev–Trinajstić information content (AvgIpc) is 2.44. The van der Waals surface area contributed by atoms with Crippen LogP contribution in [-0.2, 0) is 4.74 Å². The second-order valence-corrected chi connectivity index (χ2v) is 3.99. The van der Waals surface area contributed by atoms with Gasteiger partial charge < -0.3 is 19.5 Å². The fourth-order valence-electron chi connectivity index (χ4n) is 1.50. The number of hydrogen-bond donors (Lipinski definition) is 1. The fourth-order valence-corrected chi connectivity index (χ4v) is 1.50. The predicted octanol–water partition coefficient (Wildman–Crippen LogP) is 2.01. The first kappa shape index (κ1) is 17.1. The van der Waals surface area contributed by atoms with Gasteiger partial charge in [0.1, 0.15) is 6.61 Å². The maximum atomic E-state index is 11.8. The van der Waals surface area contributed by atoms with Crippen molar-refractivity contribution in [3.63, 3.8) is 0 Å². The van der Waals surface area contributed by atoms with Crippen molar-refractivity contribution >= 4 is 5.91 Å². The first-order valence-corrected chi connectivity index (χ1v) is 6.02. The molecule has 1 aromatic carbocycles.